The summed E-state index contributed by atoms with van der Waals surface area (Å²) in [4.78, 5) is 11.8. The number of hydrogen-bond donors (Lipinski definition) is 2. The van der Waals surface area contributed by atoms with Crippen molar-refractivity contribution in [3.05, 3.63) is 47.7 Å². The van der Waals surface area contributed by atoms with Gasteiger partial charge in [-0.15, -0.1) is 0 Å². The summed E-state index contributed by atoms with van der Waals surface area (Å²) in [6.07, 6.45) is 0. The molecule has 0 bridgehead atoms. The molecule has 0 spiro atoms. The fourth-order valence-electron chi connectivity index (χ4n) is 1.45. The molecule has 0 aliphatic heterocycles. The minimum absolute atomic E-state index is 0.00771. The molecule has 0 saturated carbocycles. The Morgan fingerprint density at radius 1 is 1.14 bits per heavy atom. The van der Waals surface area contributed by atoms with E-state index >= 15 is 0 Å². The Labute approximate surface area is 118 Å². The van der Waals surface area contributed by atoms with Crippen LogP contribution in [-0.4, -0.2) is 21.4 Å². The number of hydrogen-bond acceptors (Lipinski definition) is 4. The van der Waals surface area contributed by atoms with Crippen molar-refractivity contribution in [2.45, 2.75) is 5.09 Å². The Kier molecular flexibility index (Phi) is 4.05. The first-order valence-electron chi connectivity index (χ1n) is 5.63. The number of carbonyl (C=O) groups excluding carboxylic acids is 1. The Bertz CT molecular complexity index is 786. The Balaban J connectivity index is 2.19. The van der Waals surface area contributed by atoms with Crippen LogP contribution in [-0.2, 0) is 10.0 Å². The van der Waals surface area contributed by atoms with Crippen molar-refractivity contribution in [2.24, 2.45) is 0 Å². The van der Waals surface area contributed by atoms with E-state index < -0.39 is 32.7 Å². The second-order valence-electron chi connectivity index (χ2n) is 3.91. The molecule has 2 N–H and O–H groups in total. The van der Waals surface area contributed by atoms with E-state index in [-0.39, 0.29) is 11.4 Å². The van der Waals surface area contributed by atoms with Crippen LogP contribution in [0.4, 0.5) is 14.5 Å². The van der Waals surface area contributed by atoms with E-state index in [1.807, 2.05) is 4.72 Å². The summed E-state index contributed by atoms with van der Waals surface area (Å²) in [5.74, 6) is -3.24. The zero-order chi connectivity index (χ0) is 15.6. The number of carbonyl (C=O) groups is 1. The molecule has 21 heavy (non-hydrogen) atoms. The highest BCUT2D eigenvalue weighted by atomic mass is 32.2. The number of anilines is 1. The van der Waals surface area contributed by atoms with Crippen LogP contribution in [0.1, 0.15) is 10.6 Å². The number of benzene rings is 1. The lowest BCUT2D eigenvalue weighted by atomic mass is 10.3. The quantitative estimate of drug-likeness (QED) is 0.899. The van der Waals surface area contributed by atoms with Gasteiger partial charge in [0.2, 0.25) is 5.09 Å². The molecule has 1 amide bonds. The predicted octanol–water partition coefficient (Wildman–Crippen LogP) is 1.72. The van der Waals surface area contributed by atoms with E-state index in [1.165, 1.54) is 7.05 Å². The Hall–Kier alpha value is -2.26. The lowest BCUT2D eigenvalue weighted by molar-refractivity contribution is 0.0991. The van der Waals surface area contributed by atoms with Crippen LogP contribution in [0, 0.1) is 11.6 Å². The van der Waals surface area contributed by atoms with Crippen molar-refractivity contribution in [3.8, 4) is 0 Å². The molecule has 0 aliphatic carbocycles. The first kappa shape index (κ1) is 15.1. The number of sulfonamides is 1. The largest absolute Gasteiger partial charge is 0.438 e. The molecule has 9 heteroatoms. The number of nitrogens with one attached hydrogen (secondary N) is 2. The van der Waals surface area contributed by atoms with E-state index in [0.717, 1.165) is 30.3 Å². The van der Waals surface area contributed by atoms with Gasteiger partial charge in [0.15, 0.2) is 17.4 Å². The highest BCUT2D eigenvalue weighted by molar-refractivity contribution is 7.89. The maximum absolute atomic E-state index is 13.0. The van der Waals surface area contributed by atoms with Crippen LogP contribution in [0.25, 0.3) is 0 Å². The summed E-state index contributed by atoms with van der Waals surface area (Å²) in [6, 6.07) is 5.06. The molecule has 2 rings (SSSR count). The third kappa shape index (κ3) is 3.26. The summed E-state index contributed by atoms with van der Waals surface area (Å²) in [6.45, 7) is 0. The van der Waals surface area contributed by atoms with E-state index in [4.69, 9.17) is 4.42 Å². The third-order valence-corrected chi connectivity index (χ3v) is 3.80. The normalized spacial score (nSPS) is 11.4. The molecule has 6 nitrogen and oxygen atoms in total. The van der Waals surface area contributed by atoms with Gasteiger partial charge in [0.25, 0.3) is 15.9 Å². The fourth-order valence-corrected chi connectivity index (χ4v) is 2.10. The maximum atomic E-state index is 13.0. The van der Waals surface area contributed by atoms with Crippen molar-refractivity contribution in [1.29, 1.82) is 0 Å². The van der Waals surface area contributed by atoms with Gasteiger partial charge in [0.1, 0.15) is 0 Å². The molecule has 0 aliphatic rings. The summed E-state index contributed by atoms with van der Waals surface area (Å²) in [5, 5.41) is 1.82. The first-order chi connectivity index (χ1) is 9.83. The SMILES string of the molecule is CNS(=O)(=O)c1ccc(C(=O)Nc2ccc(F)c(F)c2)o1. The van der Waals surface area contributed by atoms with Crippen molar-refractivity contribution in [3.63, 3.8) is 0 Å². The van der Waals surface area contributed by atoms with E-state index in [9.17, 15) is 22.0 Å². The van der Waals surface area contributed by atoms with Gasteiger partial charge in [-0.2, -0.15) is 0 Å². The zero-order valence-electron chi connectivity index (χ0n) is 10.7. The lowest BCUT2D eigenvalue weighted by Crippen LogP contribution is -2.18. The van der Waals surface area contributed by atoms with Crippen LogP contribution in [0.2, 0.25) is 0 Å². The second kappa shape index (κ2) is 5.62. The molecular formula is C12H10F2N2O4S. The van der Waals surface area contributed by atoms with Gasteiger partial charge >= 0.3 is 0 Å². The maximum Gasteiger partial charge on any atom is 0.291 e. The number of rotatable bonds is 4. The number of halogens is 2. The summed E-state index contributed by atoms with van der Waals surface area (Å²) >= 11 is 0. The highest BCUT2D eigenvalue weighted by Gasteiger charge is 2.19. The molecule has 0 fully saturated rings. The van der Waals surface area contributed by atoms with E-state index in [1.54, 1.807) is 0 Å². The average molecular weight is 316 g/mol. The zero-order valence-corrected chi connectivity index (χ0v) is 11.5. The number of amides is 1. The summed E-state index contributed by atoms with van der Waals surface area (Å²) in [7, 11) is -2.61. The van der Waals surface area contributed by atoms with Gasteiger partial charge < -0.3 is 9.73 Å². The van der Waals surface area contributed by atoms with Crippen LogP contribution in [0.15, 0.2) is 39.8 Å². The van der Waals surface area contributed by atoms with Gasteiger partial charge in [-0.05, 0) is 31.3 Å². The molecule has 0 saturated heterocycles. The van der Waals surface area contributed by atoms with Crippen LogP contribution >= 0.6 is 0 Å². The van der Waals surface area contributed by atoms with E-state index in [2.05, 4.69) is 5.32 Å². The molecule has 0 atom stereocenters. The van der Waals surface area contributed by atoms with Crippen LogP contribution < -0.4 is 10.0 Å². The smallest absolute Gasteiger partial charge is 0.291 e. The molecular weight excluding hydrogens is 306 g/mol. The van der Waals surface area contributed by atoms with Gasteiger partial charge in [0, 0.05) is 11.8 Å². The van der Waals surface area contributed by atoms with Gasteiger partial charge in [0.05, 0.1) is 0 Å². The van der Waals surface area contributed by atoms with Crippen LogP contribution in [0.5, 0.6) is 0 Å². The average Bonchev–Trinajstić information content (AvgIpc) is 2.93. The Morgan fingerprint density at radius 3 is 2.48 bits per heavy atom. The van der Waals surface area contributed by atoms with Gasteiger partial charge in [-0.3, -0.25) is 4.79 Å². The van der Waals surface area contributed by atoms with Gasteiger partial charge in [-0.25, -0.2) is 21.9 Å². The monoisotopic (exact) mass is 316 g/mol. The number of furan rings is 1. The molecule has 0 unspecified atom stereocenters. The van der Waals surface area contributed by atoms with Crippen LogP contribution in [0.3, 0.4) is 0 Å². The standard InChI is InChI=1S/C12H10F2N2O4S/c1-15-21(18,19)11-5-4-10(20-11)12(17)16-7-2-3-8(13)9(14)6-7/h2-6,15H,1H3,(H,16,17). The lowest BCUT2D eigenvalue weighted by Gasteiger charge is -2.03. The predicted molar refractivity (Wildman–Crippen MR) is 69.3 cm³/mol. The minimum atomic E-state index is -3.80. The molecule has 0 radical (unpaired) electrons. The molecule has 112 valence electrons. The summed E-state index contributed by atoms with van der Waals surface area (Å²) < 4.78 is 55.6. The third-order valence-electron chi connectivity index (χ3n) is 2.52. The van der Waals surface area contributed by atoms with Crippen molar-refractivity contribution >= 4 is 21.6 Å². The van der Waals surface area contributed by atoms with Crippen molar-refractivity contribution in [2.75, 3.05) is 12.4 Å². The van der Waals surface area contributed by atoms with Gasteiger partial charge in [-0.1, -0.05) is 0 Å². The Morgan fingerprint density at radius 2 is 1.86 bits per heavy atom. The molecule has 1 aromatic carbocycles. The van der Waals surface area contributed by atoms with Crippen molar-refractivity contribution < 1.29 is 26.4 Å². The topological polar surface area (TPSA) is 88.4 Å². The molecule has 1 heterocycles. The minimum Gasteiger partial charge on any atom is -0.438 e. The summed E-state index contributed by atoms with van der Waals surface area (Å²) in [5.41, 5.74) is 0.00771. The van der Waals surface area contributed by atoms with E-state index in [0.29, 0.717) is 0 Å². The molecule has 2 aromatic rings. The fraction of sp³-hybridized carbons (Fsp3) is 0.0833. The molecule has 1 aromatic heterocycles. The first-order valence-corrected chi connectivity index (χ1v) is 7.11. The second-order valence-corrected chi connectivity index (χ2v) is 5.73. The van der Waals surface area contributed by atoms with Crippen molar-refractivity contribution in [1.82, 2.24) is 4.72 Å². The highest BCUT2D eigenvalue weighted by Crippen LogP contribution is 2.17.